The molecule has 234 valence electrons. The molecule has 1 heterocycles. The van der Waals surface area contributed by atoms with Crippen LogP contribution in [0.2, 0.25) is 0 Å². The second-order valence-corrected chi connectivity index (χ2v) is 11.0. The van der Waals surface area contributed by atoms with Crippen molar-refractivity contribution in [3.05, 3.63) is 82.4 Å². The van der Waals surface area contributed by atoms with Gasteiger partial charge in [0.15, 0.2) is 5.78 Å². The lowest BCUT2D eigenvalue weighted by atomic mass is 9.84. The number of nitrogens with two attached hydrogens (primary N) is 1. The lowest BCUT2D eigenvalue weighted by Crippen LogP contribution is -2.47. The van der Waals surface area contributed by atoms with Gasteiger partial charge in [0.05, 0.1) is 23.3 Å². The minimum Gasteiger partial charge on any atom is -0.405 e. The zero-order valence-electron chi connectivity index (χ0n) is 23.8. The van der Waals surface area contributed by atoms with Crippen molar-refractivity contribution in [2.45, 2.75) is 70.2 Å². The molecule has 0 radical (unpaired) electrons. The standard InChI is InChI=1S/C32H31F6N3O3/c1-2-3-10-21-26-22(18-11-4-5-12-19(18)27(26)30(43)40-31(33,34)35)17-23(28(21)41-16-9-8-15-25(41)39)29(42)20-13-6-7-14-24(20)44-32(36,37)38/h4-7,11-14,17,25,27H,2-3,8-10,15-16,39H2,1H3,(H,40,43). The van der Waals surface area contributed by atoms with Gasteiger partial charge in [0.25, 0.3) is 0 Å². The van der Waals surface area contributed by atoms with Crippen LogP contribution in [0.1, 0.15) is 77.6 Å². The number of halogens is 6. The number of para-hydroxylation sites is 1. The topological polar surface area (TPSA) is 84.7 Å². The molecule has 1 aliphatic carbocycles. The summed E-state index contributed by atoms with van der Waals surface area (Å²) in [4.78, 5) is 29.4. The molecule has 1 fully saturated rings. The van der Waals surface area contributed by atoms with Crippen LogP contribution in [-0.2, 0) is 11.2 Å². The molecule has 2 atom stereocenters. The summed E-state index contributed by atoms with van der Waals surface area (Å²) in [5, 5.41) is 1.16. The van der Waals surface area contributed by atoms with E-state index in [2.05, 4.69) is 4.74 Å². The van der Waals surface area contributed by atoms with Crippen LogP contribution >= 0.6 is 0 Å². The summed E-state index contributed by atoms with van der Waals surface area (Å²) in [5.74, 6) is -4.05. The number of rotatable bonds is 8. The molecule has 0 saturated carbocycles. The maximum atomic E-state index is 14.3. The number of nitrogens with one attached hydrogen (secondary N) is 1. The summed E-state index contributed by atoms with van der Waals surface area (Å²) >= 11 is 0. The van der Waals surface area contributed by atoms with Crippen molar-refractivity contribution in [1.29, 1.82) is 0 Å². The highest BCUT2D eigenvalue weighted by molar-refractivity contribution is 6.16. The van der Waals surface area contributed by atoms with Crippen molar-refractivity contribution in [1.82, 2.24) is 5.32 Å². The van der Waals surface area contributed by atoms with Crippen LogP contribution in [0, 0.1) is 0 Å². The third-order valence-corrected chi connectivity index (χ3v) is 8.04. The van der Waals surface area contributed by atoms with Crippen molar-refractivity contribution >= 4 is 17.4 Å². The second kappa shape index (κ2) is 12.1. The Morgan fingerprint density at radius 2 is 1.68 bits per heavy atom. The van der Waals surface area contributed by atoms with E-state index in [0.29, 0.717) is 72.2 Å². The number of carbonyl (C=O) groups excluding carboxylic acids is 2. The number of benzene rings is 3. The fourth-order valence-corrected chi connectivity index (χ4v) is 6.29. The van der Waals surface area contributed by atoms with Gasteiger partial charge in [-0.2, -0.15) is 13.2 Å². The highest BCUT2D eigenvalue weighted by Gasteiger charge is 2.43. The molecular weight excluding hydrogens is 588 g/mol. The van der Waals surface area contributed by atoms with Crippen molar-refractivity contribution < 1.29 is 40.7 Å². The van der Waals surface area contributed by atoms with E-state index in [1.54, 1.807) is 29.2 Å². The normalized spacial score (nSPS) is 18.0. The Balaban J connectivity index is 1.82. The maximum Gasteiger partial charge on any atom is 0.573 e. The lowest BCUT2D eigenvalue weighted by molar-refractivity contribution is -0.274. The molecule has 0 bridgehead atoms. The molecule has 6 nitrogen and oxygen atoms in total. The van der Waals surface area contributed by atoms with Crippen LogP contribution in [0.25, 0.3) is 11.1 Å². The summed E-state index contributed by atoms with van der Waals surface area (Å²) in [6.45, 7) is 2.33. The largest absolute Gasteiger partial charge is 0.573 e. The van der Waals surface area contributed by atoms with Crippen LogP contribution in [0.5, 0.6) is 5.75 Å². The van der Waals surface area contributed by atoms with Crippen LogP contribution in [0.3, 0.4) is 0 Å². The van der Waals surface area contributed by atoms with E-state index in [4.69, 9.17) is 5.73 Å². The van der Waals surface area contributed by atoms with Crippen molar-refractivity contribution in [2.75, 3.05) is 11.4 Å². The SMILES string of the molecule is CCCCc1c2c(cc(C(=O)c3ccccc3OC(F)(F)F)c1N1CCCCC1N)-c1ccccc1C2C(=O)NC(F)(F)F. The third-order valence-electron chi connectivity index (χ3n) is 8.04. The maximum absolute atomic E-state index is 14.3. The zero-order valence-corrected chi connectivity index (χ0v) is 23.8. The Morgan fingerprint density at radius 3 is 2.36 bits per heavy atom. The Kier molecular flexibility index (Phi) is 8.66. The summed E-state index contributed by atoms with van der Waals surface area (Å²) in [7, 11) is 0. The molecule has 5 rings (SSSR count). The van der Waals surface area contributed by atoms with Gasteiger partial charge in [-0.25, -0.2) is 0 Å². The van der Waals surface area contributed by atoms with Gasteiger partial charge < -0.3 is 15.4 Å². The highest BCUT2D eigenvalue weighted by atomic mass is 19.4. The molecule has 1 aliphatic heterocycles. The number of unbranched alkanes of at least 4 members (excludes halogenated alkanes) is 1. The number of alkyl halides is 6. The van der Waals surface area contributed by atoms with E-state index in [1.807, 2.05) is 6.92 Å². The smallest absolute Gasteiger partial charge is 0.405 e. The van der Waals surface area contributed by atoms with Crippen molar-refractivity contribution in [2.24, 2.45) is 5.73 Å². The van der Waals surface area contributed by atoms with Gasteiger partial charge in [0.1, 0.15) is 5.75 Å². The molecule has 12 heteroatoms. The molecule has 3 aromatic rings. The summed E-state index contributed by atoms with van der Waals surface area (Å²) < 4.78 is 84.5. The summed E-state index contributed by atoms with van der Waals surface area (Å²) in [5.41, 5.74) is 8.58. The summed E-state index contributed by atoms with van der Waals surface area (Å²) in [6, 6.07) is 13.0. The predicted molar refractivity (Wildman–Crippen MR) is 152 cm³/mol. The van der Waals surface area contributed by atoms with E-state index in [0.717, 1.165) is 17.8 Å². The Labute approximate surface area is 250 Å². The number of carbonyl (C=O) groups is 2. The number of amides is 1. The molecule has 2 unspecified atom stereocenters. The quantitative estimate of drug-likeness (QED) is 0.159. The number of piperidine rings is 1. The monoisotopic (exact) mass is 619 g/mol. The van der Waals surface area contributed by atoms with Gasteiger partial charge in [-0.15, -0.1) is 13.2 Å². The van der Waals surface area contributed by atoms with E-state index in [-0.39, 0.29) is 11.1 Å². The van der Waals surface area contributed by atoms with E-state index in [1.165, 1.54) is 24.3 Å². The Bertz CT molecular complexity index is 1570. The number of hydrogen-bond acceptors (Lipinski definition) is 5. The van der Waals surface area contributed by atoms with Crippen LogP contribution in [0.4, 0.5) is 32.0 Å². The van der Waals surface area contributed by atoms with Crippen LogP contribution in [-0.4, -0.2) is 37.1 Å². The van der Waals surface area contributed by atoms with Crippen LogP contribution < -0.4 is 20.7 Å². The number of hydrogen-bond donors (Lipinski definition) is 2. The predicted octanol–water partition coefficient (Wildman–Crippen LogP) is 7.18. The van der Waals surface area contributed by atoms with Gasteiger partial charge in [-0.3, -0.25) is 14.9 Å². The van der Waals surface area contributed by atoms with Gasteiger partial charge >= 0.3 is 12.7 Å². The molecular formula is C32H31F6N3O3. The molecule has 3 N–H and O–H groups in total. The molecule has 1 saturated heterocycles. The number of fused-ring (bicyclic) bond motifs is 3. The Hall–Kier alpha value is -4.06. The number of ketones is 1. The van der Waals surface area contributed by atoms with Gasteiger partial charge in [-0.05, 0) is 78.1 Å². The molecule has 44 heavy (non-hydrogen) atoms. The van der Waals surface area contributed by atoms with Gasteiger partial charge in [0, 0.05) is 12.1 Å². The molecule has 3 aromatic carbocycles. The van der Waals surface area contributed by atoms with Crippen molar-refractivity contribution in [3.63, 3.8) is 0 Å². The number of nitrogens with zero attached hydrogens (tertiary/aromatic N) is 1. The first kappa shape index (κ1) is 31.4. The lowest BCUT2D eigenvalue weighted by Gasteiger charge is -2.38. The average molecular weight is 620 g/mol. The minimum absolute atomic E-state index is 0.0390. The van der Waals surface area contributed by atoms with E-state index < -0.39 is 42.2 Å². The van der Waals surface area contributed by atoms with Gasteiger partial charge in [0.2, 0.25) is 5.91 Å². The first-order valence-corrected chi connectivity index (χ1v) is 14.4. The fraction of sp³-hybridized carbons (Fsp3) is 0.375. The second-order valence-electron chi connectivity index (χ2n) is 11.0. The fourth-order valence-electron chi connectivity index (χ4n) is 6.29. The van der Waals surface area contributed by atoms with E-state index >= 15 is 0 Å². The molecule has 0 spiro atoms. The zero-order chi connectivity index (χ0) is 31.8. The molecule has 2 aliphatic rings. The molecule has 0 aromatic heterocycles. The van der Waals surface area contributed by atoms with Crippen molar-refractivity contribution in [3.8, 4) is 16.9 Å². The average Bonchev–Trinajstić information content (AvgIpc) is 3.28. The van der Waals surface area contributed by atoms with E-state index in [9.17, 15) is 35.9 Å². The number of ether oxygens (including phenoxy) is 1. The first-order chi connectivity index (χ1) is 20.8. The third kappa shape index (κ3) is 6.26. The molecule has 1 amide bonds. The van der Waals surface area contributed by atoms with Crippen LogP contribution in [0.15, 0.2) is 54.6 Å². The highest BCUT2D eigenvalue weighted by Crippen LogP contribution is 2.51. The summed E-state index contributed by atoms with van der Waals surface area (Å²) in [6.07, 6.45) is -6.98. The van der Waals surface area contributed by atoms with Gasteiger partial charge in [-0.1, -0.05) is 49.7 Å². The minimum atomic E-state index is -5.06. The first-order valence-electron chi connectivity index (χ1n) is 14.4. The Morgan fingerprint density at radius 1 is 0.977 bits per heavy atom. The number of anilines is 1.